The molecule has 0 radical (unpaired) electrons. The van der Waals surface area contributed by atoms with Gasteiger partial charge in [0.25, 0.3) is 0 Å². The number of carbonyl (C=O) groups excluding carboxylic acids is 1. The molecule has 0 unspecified atom stereocenters. The van der Waals surface area contributed by atoms with E-state index in [-0.39, 0.29) is 5.02 Å². The van der Waals surface area contributed by atoms with Crippen molar-refractivity contribution in [1.82, 2.24) is 9.88 Å². The molecule has 2 fully saturated rings. The summed E-state index contributed by atoms with van der Waals surface area (Å²) in [4.78, 5) is 26.0. The number of nitrogens with zero attached hydrogens (tertiary/aromatic N) is 3. The van der Waals surface area contributed by atoms with Crippen LogP contribution in [0, 0.1) is 11.2 Å². The molecule has 1 N–H and O–H groups in total. The Morgan fingerprint density at radius 2 is 2.09 bits per heavy atom. The Labute approximate surface area is 206 Å². The average molecular weight is 540 g/mol. The van der Waals surface area contributed by atoms with E-state index in [2.05, 4.69) is 30.8 Å². The number of H-pyrrole nitrogens is 1. The second-order valence-electron chi connectivity index (χ2n) is 9.88. The number of benzene rings is 1. The summed E-state index contributed by atoms with van der Waals surface area (Å²) in [6.07, 6.45) is 4.71. The fourth-order valence-electron chi connectivity index (χ4n) is 4.45. The highest BCUT2D eigenvalue weighted by Gasteiger charge is 2.48. The molecule has 1 aliphatic carbocycles. The summed E-state index contributed by atoms with van der Waals surface area (Å²) in [6, 6.07) is 1.25. The lowest BCUT2D eigenvalue weighted by atomic mass is 10.1. The molecule has 1 spiro atoms. The van der Waals surface area contributed by atoms with Gasteiger partial charge in [-0.15, -0.1) is 0 Å². The Bertz CT molecular complexity index is 1160. The van der Waals surface area contributed by atoms with Crippen LogP contribution < -0.4 is 4.90 Å². The van der Waals surface area contributed by atoms with Gasteiger partial charge in [-0.2, -0.15) is 0 Å². The van der Waals surface area contributed by atoms with Gasteiger partial charge in [0.2, 0.25) is 0 Å². The highest BCUT2D eigenvalue weighted by atomic mass is 79.9. The number of nitrogens with one attached hydrogen (secondary N) is 1. The number of rotatable bonds is 4. The topological polar surface area (TPSA) is 60.9 Å². The number of aromatic amines is 1. The second kappa shape index (κ2) is 8.62. The number of likely N-dealkylation sites (tertiary alicyclic amines) is 1. The molecule has 9 heteroatoms. The normalized spacial score (nSPS) is 18.1. The molecule has 1 aromatic heterocycles. The molecule has 1 saturated heterocycles. The maximum absolute atomic E-state index is 15.1. The number of anilines is 1. The second-order valence-corrected chi connectivity index (χ2v) is 10.7. The molecule has 1 saturated carbocycles. The van der Waals surface area contributed by atoms with Gasteiger partial charge < -0.3 is 14.6 Å². The third-order valence-electron chi connectivity index (χ3n) is 6.31. The first-order valence-electron chi connectivity index (χ1n) is 11.0. The number of halogens is 3. The molecule has 1 aliphatic heterocycles. The summed E-state index contributed by atoms with van der Waals surface area (Å²) in [6.45, 7) is 9.03. The Hall–Kier alpha value is -2.06. The van der Waals surface area contributed by atoms with Gasteiger partial charge in [0.05, 0.1) is 27.5 Å². The molecule has 1 aromatic carbocycles. The number of fused-ring (bicyclic) bond motifs is 1. The van der Waals surface area contributed by atoms with E-state index in [0.717, 1.165) is 25.2 Å². The van der Waals surface area contributed by atoms with Crippen molar-refractivity contribution in [3.05, 3.63) is 27.5 Å². The van der Waals surface area contributed by atoms with E-state index in [1.807, 2.05) is 11.9 Å². The zero-order valence-corrected chi connectivity index (χ0v) is 21.9. The van der Waals surface area contributed by atoms with Gasteiger partial charge in [0.15, 0.2) is 0 Å². The highest BCUT2D eigenvalue weighted by Crippen LogP contribution is 2.55. The van der Waals surface area contributed by atoms with E-state index >= 15 is 4.39 Å². The van der Waals surface area contributed by atoms with Crippen LogP contribution >= 0.6 is 27.5 Å². The average Bonchev–Trinajstić information content (AvgIpc) is 3.20. The van der Waals surface area contributed by atoms with Crippen molar-refractivity contribution in [2.24, 2.45) is 10.4 Å². The summed E-state index contributed by atoms with van der Waals surface area (Å²) in [5, 5.41) is 0.479. The fraction of sp³-hybridized carbons (Fsp3) is 0.500. The minimum atomic E-state index is -0.686. The number of aliphatic imine (C=N–C) groups is 1. The summed E-state index contributed by atoms with van der Waals surface area (Å²) in [5.41, 5.74) is 2.17. The van der Waals surface area contributed by atoms with Crippen LogP contribution in [0.1, 0.15) is 52.5 Å². The summed E-state index contributed by atoms with van der Waals surface area (Å²) < 4.78 is 20.6. The predicted octanol–water partition coefficient (Wildman–Crippen LogP) is 7.23. The maximum Gasteiger partial charge on any atom is 0.414 e. The van der Waals surface area contributed by atoms with Crippen molar-refractivity contribution >= 4 is 67.9 Å². The molecule has 6 nitrogen and oxygen atoms in total. The number of amides is 1. The molecule has 1 amide bonds. The highest BCUT2D eigenvalue weighted by molar-refractivity contribution is 9.11. The van der Waals surface area contributed by atoms with Crippen LogP contribution in [0.2, 0.25) is 5.02 Å². The third-order valence-corrected chi connectivity index (χ3v) is 7.11. The quantitative estimate of drug-likeness (QED) is 0.417. The molecular formula is C24H29BrClFN4O2. The number of aromatic nitrogens is 1. The molecular weight excluding hydrogens is 511 g/mol. The van der Waals surface area contributed by atoms with Crippen molar-refractivity contribution in [3.8, 4) is 0 Å². The van der Waals surface area contributed by atoms with E-state index in [1.54, 1.807) is 34.0 Å². The number of ether oxygens (including phenoxy) is 1. The van der Waals surface area contributed by atoms with Gasteiger partial charge in [0.1, 0.15) is 17.2 Å². The Morgan fingerprint density at radius 1 is 1.39 bits per heavy atom. The maximum atomic E-state index is 15.1. The van der Waals surface area contributed by atoms with Crippen molar-refractivity contribution in [3.63, 3.8) is 0 Å². The molecule has 4 rings (SSSR count). The Balaban J connectivity index is 1.89. The largest absolute Gasteiger partial charge is 0.443 e. The van der Waals surface area contributed by atoms with E-state index in [4.69, 9.17) is 16.3 Å². The van der Waals surface area contributed by atoms with Crippen molar-refractivity contribution in [1.29, 1.82) is 0 Å². The van der Waals surface area contributed by atoms with Crippen LogP contribution in [0.4, 0.5) is 20.7 Å². The van der Waals surface area contributed by atoms with E-state index in [0.29, 0.717) is 33.4 Å². The lowest BCUT2D eigenvalue weighted by Gasteiger charge is -2.25. The van der Waals surface area contributed by atoms with Crippen molar-refractivity contribution < 1.29 is 13.9 Å². The summed E-state index contributed by atoms with van der Waals surface area (Å²) in [7, 11) is 1.55. The Morgan fingerprint density at radius 3 is 2.64 bits per heavy atom. The van der Waals surface area contributed by atoms with Crippen molar-refractivity contribution in [2.45, 2.75) is 52.6 Å². The molecule has 2 aromatic rings. The number of hydrogen-bond donors (Lipinski definition) is 1. The van der Waals surface area contributed by atoms with Crippen LogP contribution in [-0.2, 0) is 4.74 Å². The van der Waals surface area contributed by atoms with Gasteiger partial charge in [-0.25, -0.2) is 14.2 Å². The fourth-order valence-corrected chi connectivity index (χ4v) is 5.21. The molecule has 2 aliphatic rings. The van der Waals surface area contributed by atoms with E-state index in [9.17, 15) is 4.79 Å². The van der Waals surface area contributed by atoms with Crippen LogP contribution in [0.25, 0.3) is 16.6 Å². The first-order valence-corrected chi connectivity index (χ1v) is 12.3. The van der Waals surface area contributed by atoms with Crippen LogP contribution in [0.3, 0.4) is 0 Å². The molecule has 0 bridgehead atoms. The van der Waals surface area contributed by atoms with Gasteiger partial charge in [0, 0.05) is 42.8 Å². The molecule has 2 heterocycles. The van der Waals surface area contributed by atoms with Crippen molar-refractivity contribution in [2.75, 3.05) is 25.0 Å². The number of carbonyl (C=O) groups is 1. The van der Waals surface area contributed by atoms with Gasteiger partial charge in [-0.1, -0.05) is 27.5 Å². The Kier molecular flexibility index (Phi) is 6.29. The monoisotopic (exact) mass is 538 g/mol. The summed E-state index contributed by atoms with van der Waals surface area (Å²) in [5.74, 6) is -0.0582. The molecule has 178 valence electrons. The summed E-state index contributed by atoms with van der Waals surface area (Å²) >= 11 is 10.1. The van der Waals surface area contributed by atoms with E-state index < -0.39 is 17.5 Å². The van der Waals surface area contributed by atoms with Crippen LogP contribution in [0.5, 0.6) is 0 Å². The van der Waals surface area contributed by atoms with Gasteiger partial charge in [-0.3, -0.25) is 4.90 Å². The zero-order chi connectivity index (χ0) is 24.1. The standard InChI is InChI=1S/C24H29BrClFN4O2/c1-6-28-21-17(16(12-25)31-10-9-24(13-31)7-8-24)18-19(26)14(27)11-15(20(18)29-21)30(5)22(32)33-23(2,3)4/h6,11-12,29H,7-10,13H2,1-5H3/b16-12-,28-6?. The van der Waals surface area contributed by atoms with Crippen LogP contribution in [0.15, 0.2) is 16.0 Å². The first-order chi connectivity index (χ1) is 15.5. The minimum absolute atomic E-state index is 0.0117. The van der Waals surface area contributed by atoms with Gasteiger partial charge in [-0.05, 0) is 52.4 Å². The zero-order valence-electron chi connectivity index (χ0n) is 19.6. The lowest BCUT2D eigenvalue weighted by Crippen LogP contribution is -2.34. The predicted molar refractivity (Wildman–Crippen MR) is 136 cm³/mol. The van der Waals surface area contributed by atoms with Crippen LogP contribution in [-0.4, -0.2) is 47.9 Å². The number of hydrogen-bond acceptors (Lipinski definition) is 4. The minimum Gasteiger partial charge on any atom is -0.443 e. The molecule has 0 atom stereocenters. The van der Waals surface area contributed by atoms with Gasteiger partial charge >= 0.3 is 6.09 Å². The smallest absolute Gasteiger partial charge is 0.414 e. The van der Waals surface area contributed by atoms with E-state index in [1.165, 1.54) is 23.8 Å². The third kappa shape index (κ3) is 4.52. The molecule has 33 heavy (non-hydrogen) atoms. The lowest BCUT2D eigenvalue weighted by molar-refractivity contribution is 0.0589. The SMILES string of the molecule is CC=Nc1[nH]c2c(N(C)C(=O)OC(C)(C)C)cc(F)c(Cl)c2c1/C(=C/Br)N1CCC2(CC2)C1. The first kappa shape index (κ1) is 24.1.